The highest BCUT2D eigenvalue weighted by Gasteiger charge is 2.22. The zero-order chi connectivity index (χ0) is 15.4. The van der Waals surface area contributed by atoms with Crippen molar-refractivity contribution < 1.29 is 9.53 Å². The molecule has 0 aliphatic carbocycles. The molecule has 2 rings (SSSR count). The fraction of sp³-hybridized carbons (Fsp3) is 0.286. The molecular formula is C14H15Br2N3O2. The van der Waals surface area contributed by atoms with Gasteiger partial charge in [0.25, 0.3) is 5.91 Å². The number of rotatable bonds is 5. The van der Waals surface area contributed by atoms with Crippen molar-refractivity contribution in [2.45, 2.75) is 25.9 Å². The van der Waals surface area contributed by atoms with Gasteiger partial charge in [-0.2, -0.15) is 0 Å². The first-order chi connectivity index (χ1) is 10.1. The average Bonchev–Trinajstić information content (AvgIpc) is 2.49. The predicted molar refractivity (Wildman–Crippen MR) is 88.8 cm³/mol. The van der Waals surface area contributed by atoms with Crippen LogP contribution in [0.15, 0.2) is 33.3 Å². The molecule has 1 aromatic heterocycles. The summed E-state index contributed by atoms with van der Waals surface area (Å²) in [5, 5.41) is 0.916. The van der Waals surface area contributed by atoms with Gasteiger partial charge < -0.3 is 4.74 Å². The molecule has 0 saturated carbocycles. The van der Waals surface area contributed by atoms with Crippen molar-refractivity contribution >= 4 is 48.7 Å². The van der Waals surface area contributed by atoms with Gasteiger partial charge in [-0.3, -0.25) is 15.2 Å². The van der Waals surface area contributed by atoms with E-state index in [1.807, 2.05) is 25.1 Å². The molecule has 5 nitrogen and oxygen atoms in total. The number of aromatic nitrogens is 1. The molecule has 2 aromatic rings. The number of hydrazine groups is 1. The van der Waals surface area contributed by atoms with E-state index in [4.69, 9.17) is 10.6 Å². The standard InChI is InChI=1S/C14H15Br2N3O2/c1-2-4-11(14(20)19-17)21-13-10(16)7-9(15)8-5-3-6-18-12(8)13/h3,5-7,11H,2,4,17H2,1H3,(H,19,20). The molecule has 112 valence electrons. The molecule has 0 aliphatic rings. The Morgan fingerprint density at radius 3 is 2.90 bits per heavy atom. The molecule has 1 atom stereocenters. The minimum absolute atomic E-state index is 0.351. The van der Waals surface area contributed by atoms with Crippen LogP contribution in [-0.4, -0.2) is 17.0 Å². The Balaban J connectivity index is 2.48. The van der Waals surface area contributed by atoms with Gasteiger partial charge in [0, 0.05) is 16.1 Å². The van der Waals surface area contributed by atoms with Crippen molar-refractivity contribution in [3.05, 3.63) is 33.3 Å². The first-order valence-corrected chi connectivity index (χ1v) is 8.07. The van der Waals surface area contributed by atoms with E-state index < -0.39 is 6.10 Å². The lowest BCUT2D eigenvalue weighted by Gasteiger charge is -2.19. The van der Waals surface area contributed by atoms with Gasteiger partial charge in [-0.15, -0.1) is 0 Å². The third kappa shape index (κ3) is 3.53. The lowest BCUT2D eigenvalue weighted by Crippen LogP contribution is -2.42. The number of hydrogen-bond acceptors (Lipinski definition) is 4. The Labute approximate surface area is 139 Å². The first-order valence-electron chi connectivity index (χ1n) is 6.48. The van der Waals surface area contributed by atoms with Crippen LogP contribution in [0.25, 0.3) is 10.9 Å². The van der Waals surface area contributed by atoms with Crippen molar-refractivity contribution in [2.24, 2.45) is 5.84 Å². The minimum atomic E-state index is -0.650. The highest BCUT2D eigenvalue weighted by molar-refractivity contribution is 9.11. The van der Waals surface area contributed by atoms with Gasteiger partial charge >= 0.3 is 0 Å². The lowest BCUT2D eigenvalue weighted by molar-refractivity contribution is -0.128. The maximum absolute atomic E-state index is 11.8. The van der Waals surface area contributed by atoms with E-state index in [-0.39, 0.29) is 5.91 Å². The number of carbonyl (C=O) groups is 1. The number of halogens is 2. The summed E-state index contributed by atoms with van der Waals surface area (Å²) in [6, 6.07) is 5.66. The van der Waals surface area contributed by atoms with E-state index in [1.54, 1.807) is 6.20 Å². The molecule has 1 unspecified atom stereocenters. The average molecular weight is 417 g/mol. The van der Waals surface area contributed by atoms with Crippen molar-refractivity contribution in [3.8, 4) is 5.75 Å². The number of pyridine rings is 1. The summed E-state index contributed by atoms with van der Waals surface area (Å²) in [6.07, 6.45) is 2.41. The van der Waals surface area contributed by atoms with Gasteiger partial charge in [0.2, 0.25) is 0 Å². The summed E-state index contributed by atoms with van der Waals surface area (Å²) < 4.78 is 7.52. The van der Waals surface area contributed by atoms with E-state index in [0.29, 0.717) is 17.7 Å². The fourth-order valence-corrected chi connectivity index (χ4v) is 3.37. The van der Waals surface area contributed by atoms with Gasteiger partial charge in [0.05, 0.1) is 4.47 Å². The Kier molecular flexibility index (Phi) is 5.55. The Bertz CT molecular complexity index is 664. The summed E-state index contributed by atoms with van der Waals surface area (Å²) >= 11 is 6.96. The van der Waals surface area contributed by atoms with E-state index >= 15 is 0 Å². The first kappa shape index (κ1) is 16.2. The number of carbonyl (C=O) groups excluding carboxylic acids is 1. The maximum Gasteiger partial charge on any atom is 0.274 e. The number of amides is 1. The molecule has 0 saturated heterocycles. The third-order valence-corrected chi connectivity index (χ3v) is 4.24. The quantitative estimate of drug-likeness (QED) is 0.445. The summed E-state index contributed by atoms with van der Waals surface area (Å²) in [7, 11) is 0. The minimum Gasteiger partial charge on any atom is -0.477 e. The monoisotopic (exact) mass is 415 g/mol. The van der Waals surface area contributed by atoms with E-state index in [2.05, 4.69) is 42.3 Å². The zero-order valence-electron chi connectivity index (χ0n) is 11.4. The van der Waals surface area contributed by atoms with Crippen LogP contribution in [-0.2, 0) is 4.79 Å². The highest BCUT2D eigenvalue weighted by Crippen LogP contribution is 2.38. The van der Waals surface area contributed by atoms with Gasteiger partial charge in [0.15, 0.2) is 11.9 Å². The van der Waals surface area contributed by atoms with Crippen LogP contribution in [0.3, 0.4) is 0 Å². The number of benzene rings is 1. The molecule has 0 bridgehead atoms. The molecule has 0 aliphatic heterocycles. The van der Waals surface area contributed by atoms with Crippen molar-refractivity contribution in [3.63, 3.8) is 0 Å². The number of nitrogens with zero attached hydrogens (tertiary/aromatic N) is 1. The van der Waals surface area contributed by atoms with E-state index in [1.165, 1.54) is 0 Å². The SMILES string of the molecule is CCCC(Oc1c(Br)cc(Br)c2cccnc12)C(=O)NN. The molecule has 1 heterocycles. The van der Waals surface area contributed by atoms with Crippen molar-refractivity contribution in [1.82, 2.24) is 10.4 Å². The van der Waals surface area contributed by atoms with Gasteiger partial charge in [-0.05, 0) is 34.5 Å². The second-order valence-electron chi connectivity index (χ2n) is 4.47. The zero-order valence-corrected chi connectivity index (χ0v) is 14.6. The van der Waals surface area contributed by atoms with Crippen LogP contribution in [0.5, 0.6) is 5.75 Å². The Morgan fingerprint density at radius 2 is 2.24 bits per heavy atom. The largest absolute Gasteiger partial charge is 0.477 e. The molecule has 7 heteroatoms. The third-order valence-electron chi connectivity index (χ3n) is 3.00. The summed E-state index contributed by atoms with van der Waals surface area (Å²) in [6.45, 7) is 1.98. The van der Waals surface area contributed by atoms with Gasteiger partial charge in [-0.1, -0.05) is 35.3 Å². The van der Waals surface area contributed by atoms with Crippen molar-refractivity contribution in [1.29, 1.82) is 0 Å². The van der Waals surface area contributed by atoms with Crippen LogP contribution < -0.4 is 16.0 Å². The van der Waals surface area contributed by atoms with Crippen molar-refractivity contribution in [2.75, 3.05) is 0 Å². The maximum atomic E-state index is 11.8. The fourth-order valence-electron chi connectivity index (χ4n) is 2.00. The number of nitrogens with one attached hydrogen (secondary N) is 1. The van der Waals surface area contributed by atoms with Gasteiger partial charge in [-0.25, -0.2) is 5.84 Å². The molecule has 0 fully saturated rings. The van der Waals surface area contributed by atoms with E-state index in [0.717, 1.165) is 20.8 Å². The van der Waals surface area contributed by atoms with E-state index in [9.17, 15) is 4.79 Å². The second-order valence-corrected chi connectivity index (χ2v) is 6.18. The van der Waals surface area contributed by atoms with Crippen LogP contribution in [0, 0.1) is 0 Å². The Morgan fingerprint density at radius 1 is 1.48 bits per heavy atom. The molecule has 21 heavy (non-hydrogen) atoms. The molecule has 1 aromatic carbocycles. The Hall–Kier alpha value is -1.18. The smallest absolute Gasteiger partial charge is 0.274 e. The van der Waals surface area contributed by atoms with Crippen LogP contribution in [0.2, 0.25) is 0 Å². The second kappa shape index (κ2) is 7.20. The number of ether oxygens (including phenoxy) is 1. The number of nitrogens with two attached hydrogens (primary N) is 1. The molecule has 3 N–H and O–H groups in total. The molecule has 0 radical (unpaired) electrons. The van der Waals surface area contributed by atoms with Gasteiger partial charge in [0.1, 0.15) is 5.52 Å². The van der Waals surface area contributed by atoms with Crippen LogP contribution in [0.1, 0.15) is 19.8 Å². The summed E-state index contributed by atoms with van der Waals surface area (Å²) in [4.78, 5) is 16.2. The number of fused-ring (bicyclic) bond motifs is 1. The molecule has 0 spiro atoms. The highest BCUT2D eigenvalue weighted by atomic mass is 79.9. The summed E-state index contributed by atoms with van der Waals surface area (Å²) in [5.74, 6) is 5.40. The summed E-state index contributed by atoms with van der Waals surface area (Å²) in [5.41, 5.74) is 2.83. The molecule has 1 amide bonds. The van der Waals surface area contributed by atoms with Crippen LogP contribution in [0.4, 0.5) is 0 Å². The van der Waals surface area contributed by atoms with Crippen LogP contribution >= 0.6 is 31.9 Å². The number of hydrogen-bond donors (Lipinski definition) is 2. The molecular weight excluding hydrogens is 402 g/mol. The normalized spacial score (nSPS) is 12.2. The topological polar surface area (TPSA) is 77.2 Å². The lowest BCUT2D eigenvalue weighted by atomic mass is 10.2. The predicted octanol–water partition coefficient (Wildman–Crippen LogP) is 3.30.